The van der Waals surface area contributed by atoms with Gasteiger partial charge < -0.3 is 4.74 Å². The second kappa shape index (κ2) is 5.93. The fourth-order valence-electron chi connectivity index (χ4n) is 1.76. The molecule has 0 spiro atoms. The Morgan fingerprint density at radius 3 is 2.12 bits per heavy atom. The SMILES string of the molecule is Cc1cc(OCCCC(C)C)cc(C)c1C. The molecule has 0 fully saturated rings. The summed E-state index contributed by atoms with van der Waals surface area (Å²) in [5.74, 6) is 1.79. The molecule has 0 unspecified atom stereocenters. The van der Waals surface area contributed by atoms with Crippen molar-refractivity contribution < 1.29 is 4.74 Å². The summed E-state index contributed by atoms with van der Waals surface area (Å²) in [7, 11) is 0. The van der Waals surface area contributed by atoms with Crippen LogP contribution < -0.4 is 4.74 Å². The van der Waals surface area contributed by atoms with Gasteiger partial charge in [0.15, 0.2) is 0 Å². The molecule has 16 heavy (non-hydrogen) atoms. The number of hydrogen-bond donors (Lipinski definition) is 0. The lowest BCUT2D eigenvalue weighted by Gasteiger charge is -2.11. The van der Waals surface area contributed by atoms with E-state index in [9.17, 15) is 0 Å². The molecule has 0 aliphatic heterocycles. The topological polar surface area (TPSA) is 9.23 Å². The molecule has 0 N–H and O–H groups in total. The van der Waals surface area contributed by atoms with Crippen molar-refractivity contribution in [1.82, 2.24) is 0 Å². The fourth-order valence-corrected chi connectivity index (χ4v) is 1.76. The third-order valence-electron chi connectivity index (χ3n) is 3.10. The Balaban J connectivity index is 2.49. The van der Waals surface area contributed by atoms with Crippen LogP contribution in [0.2, 0.25) is 0 Å². The molecule has 0 aliphatic carbocycles. The zero-order valence-electron chi connectivity index (χ0n) is 11.3. The molecule has 0 aromatic heterocycles. The van der Waals surface area contributed by atoms with Crippen molar-refractivity contribution in [2.45, 2.75) is 47.5 Å². The number of aryl methyl sites for hydroxylation is 2. The molecule has 0 atom stereocenters. The first-order valence-electron chi connectivity index (χ1n) is 6.21. The minimum absolute atomic E-state index is 0.769. The zero-order valence-corrected chi connectivity index (χ0v) is 11.3. The van der Waals surface area contributed by atoms with Crippen LogP contribution in [-0.2, 0) is 0 Å². The number of benzene rings is 1. The van der Waals surface area contributed by atoms with Crippen LogP contribution in [0.3, 0.4) is 0 Å². The Bertz CT molecular complexity index is 316. The molecule has 0 aliphatic rings. The van der Waals surface area contributed by atoms with Gasteiger partial charge in [0.2, 0.25) is 0 Å². The van der Waals surface area contributed by atoms with Gasteiger partial charge >= 0.3 is 0 Å². The molecule has 0 saturated heterocycles. The third-order valence-corrected chi connectivity index (χ3v) is 3.10. The molecule has 0 heterocycles. The van der Waals surface area contributed by atoms with E-state index in [0.29, 0.717) is 0 Å². The van der Waals surface area contributed by atoms with E-state index in [1.165, 1.54) is 23.1 Å². The summed E-state index contributed by atoms with van der Waals surface area (Å²) in [6.45, 7) is 11.8. The molecule has 1 rings (SSSR count). The molecular weight excluding hydrogens is 196 g/mol. The highest BCUT2D eigenvalue weighted by Gasteiger charge is 2.02. The zero-order chi connectivity index (χ0) is 12.1. The van der Waals surface area contributed by atoms with Crippen molar-refractivity contribution in [3.05, 3.63) is 28.8 Å². The largest absolute Gasteiger partial charge is 0.494 e. The van der Waals surface area contributed by atoms with Crippen molar-refractivity contribution in [1.29, 1.82) is 0 Å². The van der Waals surface area contributed by atoms with E-state index >= 15 is 0 Å². The van der Waals surface area contributed by atoms with Gasteiger partial charge in [0.1, 0.15) is 5.75 Å². The van der Waals surface area contributed by atoms with E-state index < -0.39 is 0 Å². The third kappa shape index (κ3) is 3.88. The lowest BCUT2D eigenvalue weighted by molar-refractivity contribution is 0.297. The minimum atomic E-state index is 0.769. The van der Waals surface area contributed by atoms with Gasteiger partial charge in [-0.15, -0.1) is 0 Å². The Kier molecular flexibility index (Phi) is 4.85. The Labute approximate surface area is 99.8 Å². The molecule has 90 valence electrons. The van der Waals surface area contributed by atoms with Gasteiger partial charge in [0.05, 0.1) is 6.61 Å². The average molecular weight is 220 g/mol. The maximum Gasteiger partial charge on any atom is 0.119 e. The molecule has 1 heteroatoms. The number of hydrogen-bond acceptors (Lipinski definition) is 1. The van der Waals surface area contributed by atoms with Crippen LogP contribution in [0.4, 0.5) is 0 Å². The van der Waals surface area contributed by atoms with E-state index in [1.54, 1.807) is 0 Å². The van der Waals surface area contributed by atoms with Crippen LogP contribution >= 0.6 is 0 Å². The van der Waals surface area contributed by atoms with Crippen LogP contribution in [0.1, 0.15) is 43.4 Å². The number of rotatable bonds is 5. The summed E-state index contributed by atoms with van der Waals surface area (Å²) >= 11 is 0. The van der Waals surface area contributed by atoms with Crippen LogP contribution in [-0.4, -0.2) is 6.61 Å². The maximum atomic E-state index is 5.77. The Morgan fingerprint density at radius 2 is 1.62 bits per heavy atom. The standard InChI is InChI=1S/C15H24O/c1-11(2)7-6-8-16-15-9-12(3)14(5)13(4)10-15/h9-11H,6-8H2,1-5H3. The molecule has 0 amide bonds. The van der Waals surface area contributed by atoms with Crippen molar-refractivity contribution in [2.75, 3.05) is 6.61 Å². The van der Waals surface area contributed by atoms with E-state index in [1.807, 2.05) is 0 Å². The first-order valence-corrected chi connectivity index (χ1v) is 6.21. The fraction of sp³-hybridized carbons (Fsp3) is 0.600. The van der Waals surface area contributed by atoms with Gasteiger partial charge in [0, 0.05) is 0 Å². The summed E-state index contributed by atoms with van der Waals surface area (Å²) in [5, 5.41) is 0. The Morgan fingerprint density at radius 1 is 1.06 bits per heavy atom. The normalized spacial score (nSPS) is 10.9. The van der Waals surface area contributed by atoms with Crippen LogP contribution in [0, 0.1) is 26.7 Å². The van der Waals surface area contributed by atoms with Gasteiger partial charge in [-0.05, 0) is 68.4 Å². The molecule has 0 saturated carbocycles. The van der Waals surface area contributed by atoms with Gasteiger partial charge in [-0.1, -0.05) is 13.8 Å². The second-order valence-electron chi connectivity index (χ2n) is 5.07. The molecule has 1 nitrogen and oxygen atoms in total. The molecular formula is C15H24O. The van der Waals surface area contributed by atoms with Crippen LogP contribution in [0.5, 0.6) is 5.75 Å². The summed E-state index contributed by atoms with van der Waals surface area (Å²) in [4.78, 5) is 0. The smallest absolute Gasteiger partial charge is 0.119 e. The first-order chi connectivity index (χ1) is 7.50. The predicted molar refractivity (Wildman–Crippen MR) is 70.2 cm³/mol. The summed E-state index contributed by atoms with van der Waals surface area (Å²) in [6, 6.07) is 4.27. The Hall–Kier alpha value is -0.980. The van der Waals surface area contributed by atoms with Crippen molar-refractivity contribution in [3.63, 3.8) is 0 Å². The van der Waals surface area contributed by atoms with E-state index in [-0.39, 0.29) is 0 Å². The highest BCUT2D eigenvalue weighted by Crippen LogP contribution is 2.21. The maximum absolute atomic E-state index is 5.77. The van der Waals surface area contributed by atoms with Gasteiger partial charge in [0.25, 0.3) is 0 Å². The molecule has 0 radical (unpaired) electrons. The predicted octanol–water partition coefficient (Wildman–Crippen LogP) is 4.43. The van der Waals surface area contributed by atoms with Gasteiger partial charge in [-0.2, -0.15) is 0 Å². The summed E-state index contributed by atoms with van der Waals surface area (Å²) < 4.78 is 5.77. The lowest BCUT2D eigenvalue weighted by Crippen LogP contribution is -2.00. The van der Waals surface area contributed by atoms with E-state index in [2.05, 4.69) is 46.8 Å². The van der Waals surface area contributed by atoms with Crippen LogP contribution in [0.15, 0.2) is 12.1 Å². The highest BCUT2D eigenvalue weighted by molar-refractivity contribution is 5.40. The monoisotopic (exact) mass is 220 g/mol. The summed E-state index contributed by atoms with van der Waals surface area (Å²) in [5.41, 5.74) is 4.01. The number of ether oxygens (including phenoxy) is 1. The van der Waals surface area contributed by atoms with E-state index in [0.717, 1.165) is 24.7 Å². The van der Waals surface area contributed by atoms with Crippen LogP contribution in [0.25, 0.3) is 0 Å². The van der Waals surface area contributed by atoms with Crippen molar-refractivity contribution in [2.24, 2.45) is 5.92 Å². The van der Waals surface area contributed by atoms with Crippen molar-refractivity contribution in [3.8, 4) is 5.75 Å². The van der Waals surface area contributed by atoms with Gasteiger partial charge in [-0.3, -0.25) is 0 Å². The first kappa shape index (κ1) is 13.1. The average Bonchev–Trinajstić information content (AvgIpc) is 2.20. The lowest BCUT2D eigenvalue weighted by atomic mass is 10.0. The quantitative estimate of drug-likeness (QED) is 0.667. The molecule has 1 aromatic rings. The molecule has 0 bridgehead atoms. The van der Waals surface area contributed by atoms with Gasteiger partial charge in [-0.25, -0.2) is 0 Å². The highest BCUT2D eigenvalue weighted by atomic mass is 16.5. The molecule has 1 aromatic carbocycles. The second-order valence-corrected chi connectivity index (χ2v) is 5.07. The van der Waals surface area contributed by atoms with Crippen molar-refractivity contribution >= 4 is 0 Å². The van der Waals surface area contributed by atoms with E-state index in [4.69, 9.17) is 4.74 Å². The minimum Gasteiger partial charge on any atom is -0.494 e. The summed E-state index contributed by atoms with van der Waals surface area (Å²) in [6.07, 6.45) is 2.38.